The molecule has 3 rings (SSSR count). The van der Waals surface area contributed by atoms with Crippen LogP contribution >= 0.6 is 11.3 Å². The SMILES string of the molecule is COCC1(CNC(=O)CCn2cnc3sccc3c2=O)CCNCC1. The third-order valence-corrected chi connectivity index (χ3v) is 5.63. The van der Waals surface area contributed by atoms with E-state index in [0.717, 1.165) is 30.8 Å². The number of hydrogen-bond donors (Lipinski definition) is 2. The van der Waals surface area contributed by atoms with E-state index in [1.165, 1.54) is 22.2 Å². The molecule has 1 amide bonds. The Morgan fingerprint density at radius 1 is 1.48 bits per heavy atom. The summed E-state index contributed by atoms with van der Waals surface area (Å²) >= 11 is 1.44. The van der Waals surface area contributed by atoms with Gasteiger partial charge in [-0.1, -0.05) is 0 Å². The molecule has 7 nitrogen and oxygen atoms in total. The molecule has 1 fully saturated rings. The minimum atomic E-state index is -0.0896. The normalized spacial score (nSPS) is 16.8. The van der Waals surface area contributed by atoms with Crippen LogP contribution in [0.25, 0.3) is 10.2 Å². The summed E-state index contributed by atoms with van der Waals surface area (Å²) in [5, 5.41) is 8.82. The summed E-state index contributed by atoms with van der Waals surface area (Å²) in [5.74, 6) is -0.0497. The summed E-state index contributed by atoms with van der Waals surface area (Å²) in [5.41, 5.74) is -0.0860. The van der Waals surface area contributed by atoms with Gasteiger partial charge in [-0.3, -0.25) is 14.2 Å². The number of carbonyl (C=O) groups excluding carboxylic acids is 1. The lowest BCUT2D eigenvalue weighted by Gasteiger charge is -2.37. The van der Waals surface area contributed by atoms with Gasteiger partial charge in [-0.05, 0) is 37.4 Å². The molecule has 3 heterocycles. The molecule has 0 aromatic carbocycles. The quantitative estimate of drug-likeness (QED) is 0.765. The third kappa shape index (κ3) is 4.26. The third-order valence-electron chi connectivity index (χ3n) is 4.81. The summed E-state index contributed by atoms with van der Waals surface area (Å²) in [6.45, 7) is 3.48. The number of methoxy groups -OCH3 is 1. The molecule has 0 aliphatic carbocycles. The molecule has 1 aliphatic rings. The number of aryl methyl sites for hydroxylation is 1. The molecule has 8 heteroatoms. The van der Waals surface area contributed by atoms with E-state index in [2.05, 4.69) is 15.6 Å². The fourth-order valence-corrected chi connectivity index (χ4v) is 4.01. The molecule has 2 N–H and O–H groups in total. The lowest BCUT2D eigenvalue weighted by Crippen LogP contribution is -2.47. The van der Waals surface area contributed by atoms with Crippen LogP contribution in [0.2, 0.25) is 0 Å². The molecule has 1 saturated heterocycles. The number of thiophene rings is 1. The number of nitrogens with one attached hydrogen (secondary N) is 2. The molecular formula is C17H24N4O3S. The van der Waals surface area contributed by atoms with E-state index in [4.69, 9.17) is 4.74 Å². The van der Waals surface area contributed by atoms with E-state index in [0.29, 0.717) is 25.1 Å². The highest BCUT2D eigenvalue weighted by Crippen LogP contribution is 2.28. The number of aromatic nitrogens is 2. The molecule has 0 saturated carbocycles. The number of nitrogens with zero attached hydrogens (tertiary/aromatic N) is 2. The second-order valence-corrected chi connectivity index (χ2v) is 7.49. The van der Waals surface area contributed by atoms with Gasteiger partial charge in [0.25, 0.3) is 5.56 Å². The van der Waals surface area contributed by atoms with Crippen molar-refractivity contribution < 1.29 is 9.53 Å². The van der Waals surface area contributed by atoms with E-state index in [1.54, 1.807) is 13.2 Å². The van der Waals surface area contributed by atoms with Gasteiger partial charge >= 0.3 is 0 Å². The Bertz CT molecular complexity index is 774. The number of ether oxygens (including phenoxy) is 1. The maximum absolute atomic E-state index is 12.3. The van der Waals surface area contributed by atoms with Crippen LogP contribution in [0.4, 0.5) is 0 Å². The maximum Gasteiger partial charge on any atom is 0.262 e. The highest BCUT2D eigenvalue weighted by atomic mass is 32.1. The Kier molecular flexibility index (Phi) is 5.82. The molecule has 0 bridgehead atoms. The Morgan fingerprint density at radius 2 is 2.28 bits per heavy atom. The molecular weight excluding hydrogens is 340 g/mol. The molecule has 1 aliphatic heterocycles. The number of fused-ring (bicyclic) bond motifs is 1. The molecule has 0 unspecified atom stereocenters. The first-order valence-electron chi connectivity index (χ1n) is 8.53. The van der Waals surface area contributed by atoms with Crippen molar-refractivity contribution in [2.75, 3.05) is 33.4 Å². The van der Waals surface area contributed by atoms with Crippen LogP contribution in [-0.4, -0.2) is 48.8 Å². The maximum atomic E-state index is 12.3. The van der Waals surface area contributed by atoms with E-state index in [1.807, 2.05) is 5.38 Å². The summed E-state index contributed by atoms with van der Waals surface area (Å²) in [7, 11) is 1.70. The van der Waals surface area contributed by atoms with Crippen LogP contribution in [0.15, 0.2) is 22.6 Å². The van der Waals surface area contributed by atoms with Crippen LogP contribution in [-0.2, 0) is 16.1 Å². The number of carbonyl (C=O) groups is 1. The standard InChI is InChI=1S/C17H24N4O3S/c1-24-11-17(4-6-18-7-5-17)10-19-14(22)2-8-21-12-20-15-13(16(21)23)3-9-25-15/h3,9,12,18H,2,4-8,10-11H2,1H3,(H,19,22). The fourth-order valence-electron chi connectivity index (χ4n) is 3.28. The van der Waals surface area contributed by atoms with Crippen molar-refractivity contribution in [3.63, 3.8) is 0 Å². The summed E-state index contributed by atoms with van der Waals surface area (Å²) in [4.78, 5) is 29.5. The smallest absolute Gasteiger partial charge is 0.262 e. The van der Waals surface area contributed by atoms with Gasteiger partial charge in [-0.25, -0.2) is 4.98 Å². The van der Waals surface area contributed by atoms with Crippen molar-refractivity contribution >= 4 is 27.5 Å². The average Bonchev–Trinajstić information content (AvgIpc) is 3.10. The number of rotatable bonds is 7. The summed E-state index contributed by atoms with van der Waals surface area (Å²) in [6, 6.07) is 1.78. The molecule has 0 atom stereocenters. The number of hydrogen-bond acceptors (Lipinski definition) is 6. The Labute approximate surface area is 150 Å². The number of piperidine rings is 1. The molecule has 0 spiro atoms. The fraction of sp³-hybridized carbons (Fsp3) is 0.588. The van der Waals surface area contributed by atoms with Gasteiger partial charge in [-0.2, -0.15) is 0 Å². The van der Waals surface area contributed by atoms with Crippen molar-refractivity contribution in [1.29, 1.82) is 0 Å². The minimum absolute atomic E-state index is 0.00361. The Morgan fingerprint density at radius 3 is 3.04 bits per heavy atom. The summed E-state index contributed by atoms with van der Waals surface area (Å²) < 4.78 is 6.87. The van der Waals surface area contributed by atoms with Crippen LogP contribution < -0.4 is 16.2 Å². The number of amides is 1. The Balaban J connectivity index is 1.55. The minimum Gasteiger partial charge on any atom is -0.384 e. The first-order valence-corrected chi connectivity index (χ1v) is 9.40. The van der Waals surface area contributed by atoms with Gasteiger partial charge in [0, 0.05) is 32.0 Å². The second kappa shape index (κ2) is 8.07. The zero-order valence-corrected chi connectivity index (χ0v) is 15.2. The molecule has 25 heavy (non-hydrogen) atoms. The first-order chi connectivity index (χ1) is 12.1. The van der Waals surface area contributed by atoms with Gasteiger partial charge in [0.15, 0.2) is 0 Å². The van der Waals surface area contributed by atoms with E-state index in [-0.39, 0.29) is 23.3 Å². The average molecular weight is 364 g/mol. The van der Waals surface area contributed by atoms with Crippen molar-refractivity contribution in [1.82, 2.24) is 20.2 Å². The Hall–Kier alpha value is -1.77. The van der Waals surface area contributed by atoms with Crippen LogP contribution in [0.3, 0.4) is 0 Å². The van der Waals surface area contributed by atoms with E-state index in [9.17, 15) is 9.59 Å². The predicted molar refractivity (Wildman–Crippen MR) is 97.9 cm³/mol. The largest absolute Gasteiger partial charge is 0.384 e. The van der Waals surface area contributed by atoms with Crippen LogP contribution in [0.1, 0.15) is 19.3 Å². The topological polar surface area (TPSA) is 85.2 Å². The molecule has 2 aromatic rings. The predicted octanol–water partition coefficient (Wildman–Crippen LogP) is 0.980. The van der Waals surface area contributed by atoms with E-state index >= 15 is 0 Å². The van der Waals surface area contributed by atoms with Gasteiger partial charge in [-0.15, -0.1) is 11.3 Å². The highest BCUT2D eigenvalue weighted by molar-refractivity contribution is 7.16. The summed E-state index contributed by atoms with van der Waals surface area (Å²) in [6.07, 6.45) is 3.75. The van der Waals surface area contributed by atoms with Gasteiger partial charge in [0.2, 0.25) is 5.91 Å². The zero-order valence-electron chi connectivity index (χ0n) is 14.4. The van der Waals surface area contributed by atoms with E-state index < -0.39 is 0 Å². The lowest BCUT2D eigenvalue weighted by atomic mass is 9.79. The second-order valence-electron chi connectivity index (χ2n) is 6.59. The van der Waals surface area contributed by atoms with Gasteiger partial charge < -0.3 is 15.4 Å². The zero-order chi connectivity index (χ0) is 17.7. The first kappa shape index (κ1) is 18.0. The van der Waals surface area contributed by atoms with Crippen molar-refractivity contribution in [2.24, 2.45) is 5.41 Å². The van der Waals surface area contributed by atoms with Crippen molar-refractivity contribution in [3.05, 3.63) is 28.1 Å². The molecule has 136 valence electrons. The lowest BCUT2D eigenvalue weighted by molar-refractivity contribution is -0.122. The van der Waals surface area contributed by atoms with Gasteiger partial charge in [0.05, 0.1) is 18.3 Å². The van der Waals surface area contributed by atoms with Crippen LogP contribution in [0.5, 0.6) is 0 Å². The van der Waals surface area contributed by atoms with Crippen molar-refractivity contribution in [3.8, 4) is 0 Å². The monoisotopic (exact) mass is 364 g/mol. The van der Waals surface area contributed by atoms with Gasteiger partial charge in [0.1, 0.15) is 4.83 Å². The van der Waals surface area contributed by atoms with Crippen molar-refractivity contribution in [2.45, 2.75) is 25.8 Å². The highest BCUT2D eigenvalue weighted by Gasteiger charge is 2.32. The molecule has 2 aromatic heterocycles. The molecule has 0 radical (unpaired) electrons. The van der Waals surface area contributed by atoms with Crippen LogP contribution in [0, 0.1) is 5.41 Å².